The van der Waals surface area contributed by atoms with Crippen molar-refractivity contribution in [3.63, 3.8) is 0 Å². The van der Waals surface area contributed by atoms with E-state index < -0.39 is 0 Å². The molecule has 0 heterocycles. The van der Waals surface area contributed by atoms with Gasteiger partial charge in [0.05, 0.1) is 5.02 Å². The molecule has 2 aromatic rings. The molecule has 0 saturated heterocycles. The number of phenolic OH excluding ortho intramolecular Hbond substituents is 1. The van der Waals surface area contributed by atoms with Gasteiger partial charge in [0.1, 0.15) is 5.75 Å². The molecule has 0 aromatic heterocycles. The van der Waals surface area contributed by atoms with Gasteiger partial charge in [0.25, 0.3) is 5.91 Å². The number of rotatable bonds is 2. The maximum atomic E-state index is 11.9. The molecule has 0 fully saturated rings. The van der Waals surface area contributed by atoms with Gasteiger partial charge < -0.3 is 10.4 Å². The Morgan fingerprint density at radius 2 is 2.00 bits per heavy atom. The molecule has 0 atom stereocenters. The largest absolute Gasteiger partial charge is 0.508 e. The standard InChI is InChI=1S/C13H9BrClNO2/c14-11-6-8(4-5-12(11)15)13(18)16-9-2-1-3-10(17)7-9/h1-7,17H,(H,16,18). The molecular weight excluding hydrogens is 318 g/mol. The van der Waals surface area contributed by atoms with Crippen molar-refractivity contribution in [3.05, 3.63) is 57.5 Å². The summed E-state index contributed by atoms with van der Waals surface area (Å²) in [6, 6.07) is 11.3. The van der Waals surface area contributed by atoms with E-state index >= 15 is 0 Å². The first-order chi connectivity index (χ1) is 8.56. The Morgan fingerprint density at radius 3 is 2.67 bits per heavy atom. The maximum Gasteiger partial charge on any atom is 0.255 e. The van der Waals surface area contributed by atoms with E-state index in [-0.39, 0.29) is 11.7 Å². The third kappa shape index (κ3) is 3.03. The highest BCUT2D eigenvalue weighted by Gasteiger charge is 2.08. The topological polar surface area (TPSA) is 49.3 Å². The second kappa shape index (κ2) is 5.42. The van der Waals surface area contributed by atoms with Gasteiger partial charge in [-0.3, -0.25) is 4.79 Å². The van der Waals surface area contributed by atoms with Crippen molar-refractivity contribution in [2.24, 2.45) is 0 Å². The average Bonchev–Trinajstić information content (AvgIpc) is 2.32. The summed E-state index contributed by atoms with van der Waals surface area (Å²) >= 11 is 9.11. The van der Waals surface area contributed by atoms with Gasteiger partial charge in [0, 0.05) is 21.8 Å². The van der Waals surface area contributed by atoms with Gasteiger partial charge in [-0.25, -0.2) is 0 Å². The summed E-state index contributed by atoms with van der Waals surface area (Å²) in [4.78, 5) is 11.9. The van der Waals surface area contributed by atoms with Gasteiger partial charge in [0.2, 0.25) is 0 Å². The molecule has 0 bridgehead atoms. The number of nitrogens with one attached hydrogen (secondary N) is 1. The van der Waals surface area contributed by atoms with E-state index in [4.69, 9.17) is 11.6 Å². The lowest BCUT2D eigenvalue weighted by atomic mass is 10.2. The van der Waals surface area contributed by atoms with Crippen LogP contribution < -0.4 is 5.32 Å². The van der Waals surface area contributed by atoms with Crippen LogP contribution in [0.15, 0.2) is 46.9 Å². The lowest BCUT2D eigenvalue weighted by Gasteiger charge is -2.06. The highest BCUT2D eigenvalue weighted by molar-refractivity contribution is 9.10. The van der Waals surface area contributed by atoms with Gasteiger partial charge in [-0.1, -0.05) is 17.7 Å². The quantitative estimate of drug-likeness (QED) is 0.874. The molecule has 0 saturated carbocycles. The summed E-state index contributed by atoms with van der Waals surface area (Å²) in [5, 5.41) is 12.5. The fourth-order valence-electron chi connectivity index (χ4n) is 1.42. The van der Waals surface area contributed by atoms with E-state index in [1.54, 1.807) is 30.3 Å². The van der Waals surface area contributed by atoms with Crippen molar-refractivity contribution in [1.29, 1.82) is 0 Å². The number of hydrogen-bond donors (Lipinski definition) is 2. The highest BCUT2D eigenvalue weighted by atomic mass is 79.9. The van der Waals surface area contributed by atoms with Crippen LogP contribution in [0.5, 0.6) is 5.75 Å². The van der Waals surface area contributed by atoms with Gasteiger partial charge in [-0.15, -0.1) is 0 Å². The zero-order valence-electron chi connectivity index (χ0n) is 9.15. The van der Waals surface area contributed by atoms with E-state index in [1.165, 1.54) is 12.1 Å². The van der Waals surface area contributed by atoms with Crippen LogP contribution in [0, 0.1) is 0 Å². The van der Waals surface area contributed by atoms with E-state index in [1.807, 2.05) is 0 Å². The maximum absolute atomic E-state index is 11.9. The minimum absolute atomic E-state index is 0.102. The summed E-state index contributed by atoms with van der Waals surface area (Å²) in [5.41, 5.74) is 1.01. The SMILES string of the molecule is O=C(Nc1cccc(O)c1)c1ccc(Cl)c(Br)c1. The molecule has 0 radical (unpaired) electrons. The molecule has 92 valence electrons. The molecule has 2 N–H and O–H groups in total. The Balaban J connectivity index is 2.19. The number of anilines is 1. The van der Waals surface area contributed by atoms with Crippen LogP contribution in [0.3, 0.4) is 0 Å². The van der Waals surface area contributed by atoms with E-state index in [2.05, 4.69) is 21.2 Å². The molecule has 0 spiro atoms. The number of halogens is 2. The molecule has 18 heavy (non-hydrogen) atoms. The first-order valence-corrected chi connectivity index (χ1v) is 6.29. The van der Waals surface area contributed by atoms with E-state index in [0.29, 0.717) is 20.7 Å². The van der Waals surface area contributed by atoms with Crippen molar-refractivity contribution in [1.82, 2.24) is 0 Å². The number of carbonyl (C=O) groups is 1. The molecule has 0 aliphatic heterocycles. The number of carbonyl (C=O) groups excluding carboxylic acids is 1. The predicted octanol–water partition coefficient (Wildman–Crippen LogP) is 4.06. The summed E-state index contributed by atoms with van der Waals surface area (Å²) in [6.07, 6.45) is 0. The van der Waals surface area contributed by atoms with Gasteiger partial charge >= 0.3 is 0 Å². The Morgan fingerprint density at radius 1 is 1.22 bits per heavy atom. The number of aromatic hydroxyl groups is 1. The molecule has 2 aromatic carbocycles. The number of amides is 1. The Kier molecular flexibility index (Phi) is 3.89. The van der Waals surface area contributed by atoms with Gasteiger partial charge in [-0.2, -0.15) is 0 Å². The predicted molar refractivity (Wildman–Crippen MR) is 75.2 cm³/mol. The Hall–Kier alpha value is -1.52. The first-order valence-electron chi connectivity index (χ1n) is 5.12. The third-order valence-electron chi connectivity index (χ3n) is 2.29. The van der Waals surface area contributed by atoms with Crippen LogP contribution in [0.1, 0.15) is 10.4 Å². The number of hydrogen-bond acceptors (Lipinski definition) is 2. The minimum atomic E-state index is -0.266. The third-order valence-corrected chi connectivity index (χ3v) is 3.50. The fourth-order valence-corrected chi connectivity index (χ4v) is 1.92. The molecule has 5 heteroatoms. The monoisotopic (exact) mass is 325 g/mol. The van der Waals surface area contributed by atoms with Crippen LogP contribution in [-0.4, -0.2) is 11.0 Å². The molecule has 0 unspecified atom stereocenters. The number of benzene rings is 2. The van der Waals surface area contributed by atoms with Crippen molar-refractivity contribution in [3.8, 4) is 5.75 Å². The summed E-state index contributed by atoms with van der Waals surface area (Å²) in [6.45, 7) is 0. The molecule has 0 aliphatic carbocycles. The second-order valence-electron chi connectivity index (χ2n) is 3.63. The van der Waals surface area contributed by atoms with Crippen LogP contribution in [-0.2, 0) is 0 Å². The van der Waals surface area contributed by atoms with Crippen molar-refractivity contribution >= 4 is 39.1 Å². The van der Waals surface area contributed by atoms with Crippen LogP contribution >= 0.6 is 27.5 Å². The van der Waals surface area contributed by atoms with Crippen LogP contribution in [0.2, 0.25) is 5.02 Å². The van der Waals surface area contributed by atoms with E-state index in [9.17, 15) is 9.90 Å². The lowest BCUT2D eigenvalue weighted by Crippen LogP contribution is -2.11. The molecule has 0 aliphatic rings. The van der Waals surface area contributed by atoms with Crippen molar-refractivity contribution in [2.45, 2.75) is 0 Å². The summed E-state index contributed by atoms with van der Waals surface area (Å²) in [5.74, 6) is -0.164. The summed E-state index contributed by atoms with van der Waals surface area (Å²) in [7, 11) is 0. The zero-order chi connectivity index (χ0) is 13.1. The summed E-state index contributed by atoms with van der Waals surface area (Å²) < 4.78 is 0.660. The normalized spacial score (nSPS) is 10.1. The van der Waals surface area contributed by atoms with Crippen molar-refractivity contribution < 1.29 is 9.90 Å². The second-order valence-corrected chi connectivity index (χ2v) is 4.89. The van der Waals surface area contributed by atoms with Gasteiger partial charge in [-0.05, 0) is 46.3 Å². The lowest BCUT2D eigenvalue weighted by molar-refractivity contribution is 0.102. The average molecular weight is 327 g/mol. The highest BCUT2D eigenvalue weighted by Crippen LogP contribution is 2.24. The van der Waals surface area contributed by atoms with Gasteiger partial charge in [0.15, 0.2) is 0 Å². The zero-order valence-corrected chi connectivity index (χ0v) is 11.5. The minimum Gasteiger partial charge on any atom is -0.508 e. The smallest absolute Gasteiger partial charge is 0.255 e. The fraction of sp³-hybridized carbons (Fsp3) is 0. The Bertz CT molecular complexity index is 601. The van der Waals surface area contributed by atoms with Crippen LogP contribution in [0.25, 0.3) is 0 Å². The molecule has 2 rings (SSSR count). The molecular formula is C13H9BrClNO2. The Labute approximate surface area is 118 Å². The van der Waals surface area contributed by atoms with E-state index in [0.717, 1.165) is 0 Å². The first kappa shape index (κ1) is 12.9. The van der Waals surface area contributed by atoms with Crippen molar-refractivity contribution in [2.75, 3.05) is 5.32 Å². The molecule has 3 nitrogen and oxygen atoms in total. The molecule has 1 amide bonds. The van der Waals surface area contributed by atoms with Crippen LogP contribution in [0.4, 0.5) is 5.69 Å². The number of phenols is 1.